The Morgan fingerprint density at radius 1 is 1.47 bits per heavy atom. The first-order chi connectivity index (χ1) is 9.28. The van der Waals surface area contributed by atoms with Gasteiger partial charge in [0.25, 0.3) is 0 Å². The molecule has 104 valence electrons. The Balaban J connectivity index is 1.65. The fourth-order valence-corrected chi connectivity index (χ4v) is 4.06. The van der Waals surface area contributed by atoms with Gasteiger partial charge in [0.1, 0.15) is 0 Å². The highest BCUT2D eigenvalue weighted by molar-refractivity contribution is 7.14. The van der Waals surface area contributed by atoms with Crippen molar-refractivity contribution in [3.05, 3.63) is 21.9 Å². The molecule has 3 rings (SSSR count). The SMILES string of the molecule is CCc1ccc(C(=O)CN2CCOC3CCCC32)s1. The lowest BCUT2D eigenvalue weighted by Gasteiger charge is -2.37. The maximum absolute atomic E-state index is 12.4. The largest absolute Gasteiger partial charge is 0.375 e. The summed E-state index contributed by atoms with van der Waals surface area (Å²) in [6.45, 7) is 4.37. The summed E-state index contributed by atoms with van der Waals surface area (Å²) in [5.74, 6) is 0.275. The van der Waals surface area contributed by atoms with Crippen molar-refractivity contribution in [1.29, 1.82) is 0 Å². The van der Waals surface area contributed by atoms with E-state index in [0.29, 0.717) is 18.7 Å². The van der Waals surface area contributed by atoms with Gasteiger partial charge in [0, 0.05) is 17.5 Å². The molecule has 2 fully saturated rings. The molecular weight excluding hydrogens is 258 g/mol. The van der Waals surface area contributed by atoms with Gasteiger partial charge in [-0.1, -0.05) is 6.92 Å². The van der Waals surface area contributed by atoms with Crippen molar-refractivity contribution in [2.75, 3.05) is 19.7 Å². The van der Waals surface area contributed by atoms with Crippen LogP contribution in [0.15, 0.2) is 12.1 Å². The van der Waals surface area contributed by atoms with E-state index in [1.807, 2.05) is 6.07 Å². The van der Waals surface area contributed by atoms with Crippen LogP contribution in [0, 0.1) is 0 Å². The van der Waals surface area contributed by atoms with Gasteiger partial charge in [0.15, 0.2) is 5.78 Å². The van der Waals surface area contributed by atoms with Crippen LogP contribution in [0.5, 0.6) is 0 Å². The van der Waals surface area contributed by atoms with Gasteiger partial charge < -0.3 is 4.74 Å². The van der Waals surface area contributed by atoms with Crippen LogP contribution >= 0.6 is 11.3 Å². The molecule has 2 atom stereocenters. The molecule has 0 radical (unpaired) electrons. The minimum absolute atomic E-state index is 0.275. The zero-order valence-electron chi connectivity index (χ0n) is 11.4. The van der Waals surface area contributed by atoms with E-state index in [4.69, 9.17) is 4.74 Å². The molecule has 3 nitrogen and oxygen atoms in total. The molecule has 1 saturated heterocycles. The third-order valence-electron chi connectivity index (χ3n) is 4.23. The zero-order valence-corrected chi connectivity index (χ0v) is 12.2. The summed E-state index contributed by atoms with van der Waals surface area (Å²) in [6.07, 6.45) is 4.96. The number of fused-ring (bicyclic) bond motifs is 1. The Labute approximate surface area is 118 Å². The van der Waals surface area contributed by atoms with Crippen LogP contribution in [0.3, 0.4) is 0 Å². The predicted octanol–water partition coefficient (Wildman–Crippen LogP) is 2.75. The Bertz CT molecular complexity index is 457. The normalized spacial score (nSPS) is 27.4. The van der Waals surface area contributed by atoms with Gasteiger partial charge in [-0.15, -0.1) is 11.3 Å². The molecule has 0 amide bonds. The average molecular weight is 279 g/mol. The van der Waals surface area contributed by atoms with Crippen LogP contribution in [0.2, 0.25) is 0 Å². The minimum atomic E-state index is 0.275. The smallest absolute Gasteiger partial charge is 0.186 e. The van der Waals surface area contributed by atoms with Crippen molar-refractivity contribution in [1.82, 2.24) is 4.90 Å². The molecule has 1 aliphatic carbocycles. The number of ketones is 1. The number of carbonyl (C=O) groups excluding carboxylic acids is 1. The second-order valence-corrected chi connectivity index (χ2v) is 6.59. The van der Waals surface area contributed by atoms with Crippen molar-refractivity contribution in [2.24, 2.45) is 0 Å². The highest BCUT2D eigenvalue weighted by Gasteiger charge is 2.36. The third-order valence-corrected chi connectivity index (χ3v) is 5.50. The van der Waals surface area contributed by atoms with Crippen LogP contribution < -0.4 is 0 Å². The van der Waals surface area contributed by atoms with Gasteiger partial charge in [0.2, 0.25) is 0 Å². The minimum Gasteiger partial charge on any atom is -0.375 e. The second kappa shape index (κ2) is 5.73. The Morgan fingerprint density at radius 2 is 2.37 bits per heavy atom. The first kappa shape index (κ1) is 13.3. The zero-order chi connectivity index (χ0) is 13.2. The number of thiophene rings is 1. The topological polar surface area (TPSA) is 29.5 Å². The Hall–Kier alpha value is -0.710. The molecule has 1 aliphatic heterocycles. The van der Waals surface area contributed by atoms with E-state index >= 15 is 0 Å². The molecule has 0 bridgehead atoms. The standard InChI is InChI=1S/C15H21NO2S/c1-2-11-6-7-15(19-11)13(17)10-16-8-9-18-14-5-3-4-12(14)16/h6-7,12,14H,2-5,8-10H2,1H3. The summed E-state index contributed by atoms with van der Waals surface area (Å²) in [5.41, 5.74) is 0. The molecule has 0 spiro atoms. The number of carbonyl (C=O) groups is 1. The van der Waals surface area contributed by atoms with Crippen LogP contribution in [0.25, 0.3) is 0 Å². The summed E-state index contributed by atoms with van der Waals surface area (Å²) in [6, 6.07) is 4.54. The van der Waals surface area contributed by atoms with Crippen molar-refractivity contribution in [2.45, 2.75) is 44.8 Å². The Morgan fingerprint density at radius 3 is 3.16 bits per heavy atom. The van der Waals surface area contributed by atoms with Crippen molar-refractivity contribution < 1.29 is 9.53 Å². The van der Waals surface area contributed by atoms with Crippen LogP contribution in [0.4, 0.5) is 0 Å². The lowest BCUT2D eigenvalue weighted by molar-refractivity contribution is -0.0522. The fourth-order valence-electron chi connectivity index (χ4n) is 3.18. The predicted molar refractivity (Wildman–Crippen MR) is 77.0 cm³/mol. The number of aryl methyl sites for hydroxylation is 1. The molecule has 4 heteroatoms. The summed E-state index contributed by atoms with van der Waals surface area (Å²) >= 11 is 1.65. The molecule has 0 aromatic carbocycles. The molecule has 1 saturated carbocycles. The van der Waals surface area contributed by atoms with E-state index in [-0.39, 0.29) is 5.78 Å². The average Bonchev–Trinajstić information content (AvgIpc) is 3.08. The number of hydrogen-bond donors (Lipinski definition) is 0. The lowest BCUT2D eigenvalue weighted by Crippen LogP contribution is -2.50. The van der Waals surface area contributed by atoms with Gasteiger partial charge >= 0.3 is 0 Å². The number of ether oxygens (including phenoxy) is 1. The molecule has 1 aromatic rings. The van der Waals surface area contributed by atoms with Gasteiger partial charge in [-0.3, -0.25) is 9.69 Å². The number of hydrogen-bond acceptors (Lipinski definition) is 4. The van der Waals surface area contributed by atoms with Crippen LogP contribution in [-0.2, 0) is 11.2 Å². The quantitative estimate of drug-likeness (QED) is 0.794. The van der Waals surface area contributed by atoms with Gasteiger partial charge in [-0.25, -0.2) is 0 Å². The van der Waals surface area contributed by atoms with E-state index < -0.39 is 0 Å². The second-order valence-electron chi connectivity index (χ2n) is 5.42. The highest BCUT2D eigenvalue weighted by Crippen LogP contribution is 2.30. The summed E-state index contributed by atoms with van der Waals surface area (Å²) in [4.78, 5) is 16.9. The molecule has 2 heterocycles. The van der Waals surface area contributed by atoms with Gasteiger partial charge in [0.05, 0.1) is 24.1 Å². The lowest BCUT2D eigenvalue weighted by atomic mass is 10.1. The van der Waals surface area contributed by atoms with E-state index in [0.717, 1.165) is 30.9 Å². The van der Waals surface area contributed by atoms with Crippen molar-refractivity contribution in [3.8, 4) is 0 Å². The number of rotatable bonds is 4. The molecule has 2 aliphatic rings. The van der Waals surface area contributed by atoms with Crippen LogP contribution in [0.1, 0.15) is 40.7 Å². The van der Waals surface area contributed by atoms with Crippen LogP contribution in [-0.4, -0.2) is 42.5 Å². The van der Waals surface area contributed by atoms with Crippen molar-refractivity contribution >= 4 is 17.1 Å². The molecular formula is C15H21NO2S. The maximum Gasteiger partial charge on any atom is 0.186 e. The van der Waals surface area contributed by atoms with E-state index in [1.165, 1.54) is 17.7 Å². The number of Topliss-reactive ketones (excluding diaryl/α,β-unsaturated/α-hetero) is 1. The molecule has 1 aromatic heterocycles. The first-order valence-electron chi connectivity index (χ1n) is 7.25. The summed E-state index contributed by atoms with van der Waals surface area (Å²) < 4.78 is 5.79. The Kier molecular flexibility index (Phi) is 4.01. The maximum atomic E-state index is 12.4. The molecule has 19 heavy (non-hydrogen) atoms. The van der Waals surface area contributed by atoms with Gasteiger partial charge in [-0.2, -0.15) is 0 Å². The number of morpholine rings is 1. The van der Waals surface area contributed by atoms with Gasteiger partial charge in [-0.05, 0) is 37.8 Å². The van der Waals surface area contributed by atoms with E-state index in [2.05, 4.69) is 17.9 Å². The number of nitrogens with zero attached hydrogens (tertiary/aromatic N) is 1. The third kappa shape index (κ3) is 2.76. The van der Waals surface area contributed by atoms with Crippen molar-refractivity contribution in [3.63, 3.8) is 0 Å². The van der Waals surface area contributed by atoms with E-state index in [9.17, 15) is 4.79 Å². The summed E-state index contributed by atoms with van der Waals surface area (Å²) in [5, 5.41) is 0. The molecule has 2 unspecified atom stereocenters. The fraction of sp³-hybridized carbons (Fsp3) is 0.667. The monoisotopic (exact) mass is 279 g/mol. The van der Waals surface area contributed by atoms with E-state index in [1.54, 1.807) is 11.3 Å². The first-order valence-corrected chi connectivity index (χ1v) is 8.07. The molecule has 0 N–H and O–H groups in total. The summed E-state index contributed by atoms with van der Waals surface area (Å²) in [7, 11) is 0. The highest BCUT2D eigenvalue weighted by atomic mass is 32.1.